The standard InChI is InChI=1S/C28H39N5O3/c1-17-15-29-26(36-17)19-11-22(34)25(23(12-19)35-16-18-7-8-18)21-9-10-24(31-30-21)33(6)20-13-27(2,3)32-28(4,5)14-20/h9-12,15,18,20,26,29,32,34H,7-8,13-14,16H2,1-6H3. The monoisotopic (exact) mass is 493 g/mol. The number of aromatic hydroxyl groups is 1. The maximum atomic E-state index is 11.1. The van der Waals surface area contributed by atoms with Gasteiger partial charge < -0.3 is 30.1 Å². The lowest BCUT2D eigenvalue weighted by Crippen LogP contribution is -2.62. The van der Waals surface area contributed by atoms with Crippen LogP contribution in [0.25, 0.3) is 11.3 Å². The van der Waals surface area contributed by atoms with Gasteiger partial charge in [0.05, 0.1) is 12.2 Å². The predicted octanol–water partition coefficient (Wildman–Crippen LogP) is 4.86. The summed E-state index contributed by atoms with van der Waals surface area (Å²) in [5, 5.41) is 27.1. The number of phenols is 1. The van der Waals surface area contributed by atoms with E-state index >= 15 is 0 Å². The van der Waals surface area contributed by atoms with Crippen molar-refractivity contribution < 1.29 is 14.6 Å². The molecule has 0 spiro atoms. The Hall–Kier alpha value is -3.00. The fraction of sp³-hybridized carbons (Fsp3) is 0.571. The Balaban J connectivity index is 1.40. The second-order valence-electron chi connectivity index (χ2n) is 11.9. The van der Waals surface area contributed by atoms with E-state index in [2.05, 4.69) is 60.5 Å². The molecular formula is C28H39N5O3. The van der Waals surface area contributed by atoms with Gasteiger partial charge in [-0.05, 0) is 90.5 Å². The van der Waals surface area contributed by atoms with Gasteiger partial charge in [-0.2, -0.15) is 0 Å². The Morgan fingerprint density at radius 1 is 1.11 bits per heavy atom. The topological polar surface area (TPSA) is 91.8 Å². The van der Waals surface area contributed by atoms with Crippen LogP contribution in [0.3, 0.4) is 0 Å². The van der Waals surface area contributed by atoms with Crippen molar-refractivity contribution in [1.29, 1.82) is 0 Å². The minimum atomic E-state index is -0.353. The van der Waals surface area contributed by atoms with Crippen molar-refractivity contribution in [3.8, 4) is 22.8 Å². The number of piperidine rings is 1. The summed E-state index contributed by atoms with van der Waals surface area (Å²) >= 11 is 0. The number of benzene rings is 1. The first kappa shape index (κ1) is 24.7. The van der Waals surface area contributed by atoms with Gasteiger partial charge in [0, 0.05) is 35.9 Å². The number of rotatable bonds is 7. The molecule has 1 aromatic carbocycles. The van der Waals surface area contributed by atoms with Gasteiger partial charge in [-0.3, -0.25) is 0 Å². The van der Waals surface area contributed by atoms with Crippen LogP contribution in [-0.2, 0) is 4.74 Å². The maximum absolute atomic E-state index is 11.1. The average Bonchev–Trinajstić information content (AvgIpc) is 3.53. The normalized spacial score (nSPS) is 22.9. The molecular weight excluding hydrogens is 454 g/mol. The van der Waals surface area contributed by atoms with E-state index in [0.29, 0.717) is 35.6 Å². The van der Waals surface area contributed by atoms with Crippen LogP contribution in [0, 0.1) is 5.92 Å². The van der Waals surface area contributed by atoms with E-state index in [1.807, 2.05) is 31.3 Å². The molecule has 0 bridgehead atoms. The summed E-state index contributed by atoms with van der Waals surface area (Å²) in [7, 11) is 2.09. The van der Waals surface area contributed by atoms with E-state index in [1.165, 1.54) is 12.8 Å². The highest BCUT2D eigenvalue weighted by Crippen LogP contribution is 2.42. The van der Waals surface area contributed by atoms with Crippen molar-refractivity contribution in [2.24, 2.45) is 5.92 Å². The van der Waals surface area contributed by atoms with E-state index < -0.39 is 0 Å². The number of aromatic nitrogens is 2. The van der Waals surface area contributed by atoms with E-state index in [1.54, 1.807) is 6.07 Å². The van der Waals surface area contributed by atoms with Crippen molar-refractivity contribution in [3.63, 3.8) is 0 Å². The molecule has 3 aliphatic rings. The number of phenolic OH excluding ortho intramolecular Hbond substituents is 1. The molecule has 3 N–H and O–H groups in total. The highest BCUT2D eigenvalue weighted by molar-refractivity contribution is 5.75. The van der Waals surface area contributed by atoms with Crippen LogP contribution in [0.15, 0.2) is 36.2 Å². The van der Waals surface area contributed by atoms with Gasteiger partial charge in [-0.1, -0.05) is 0 Å². The Labute approximate surface area is 214 Å². The Bertz CT molecular complexity index is 1120. The maximum Gasteiger partial charge on any atom is 0.195 e. The van der Waals surface area contributed by atoms with Gasteiger partial charge in [0.15, 0.2) is 12.0 Å². The van der Waals surface area contributed by atoms with Gasteiger partial charge in [-0.15, -0.1) is 10.2 Å². The first-order chi connectivity index (χ1) is 17.0. The number of nitrogens with zero attached hydrogens (tertiary/aromatic N) is 3. The number of hydrogen-bond acceptors (Lipinski definition) is 8. The minimum absolute atomic E-state index is 0.0430. The molecule has 2 aliphatic heterocycles. The van der Waals surface area contributed by atoms with Crippen molar-refractivity contribution in [2.75, 3.05) is 18.6 Å². The molecule has 3 heterocycles. The largest absolute Gasteiger partial charge is 0.507 e. The van der Waals surface area contributed by atoms with Crippen molar-refractivity contribution in [2.45, 2.75) is 83.6 Å². The van der Waals surface area contributed by atoms with E-state index in [9.17, 15) is 5.11 Å². The molecule has 194 valence electrons. The third-order valence-electron chi connectivity index (χ3n) is 7.30. The molecule has 2 fully saturated rings. The fourth-order valence-corrected chi connectivity index (χ4v) is 5.62. The summed E-state index contributed by atoms with van der Waals surface area (Å²) in [4.78, 5) is 2.23. The Kier molecular flexibility index (Phi) is 6.27. The summed E-state index contributed by atoms with van der Waals surface area (Å²) in [6.07, 6.45) is 5.87. The molecule has 1 aliphatic carbocycles. The van der Waals surface area contributed by atoms with Crippen LogP contribution in [0.4, 0.5) is 5.82 Å². The average molecular weight is 494 g/mol. The lowest BCUT2D eigenvalue weighted by atomic mass is 9.79. The molecule has 0 amide bonds. The zero-order valence-corrected chi connectivity index (χ0v) is 22.3. The van der Waals surface area contributed by atoms with Crippen molar-refractivity contribution in [3.05, 3.63) is 41.8 Å². The van der Waals surface area contributed by atoms with Crippen molar-refractivity contribution >= 4 is 5.82 Å². The van der Waals surface area contributed by atoms with Crippen LogP contribution in [0.5, 0.6) is 11.5 Å². The third kappa shape index (κ3) is 5.38. The van der Waals surface area contributed by atoms with E-state index in [-0.39, 0.29) is 23.1 Å². The van der Waals surface area contributed by atoms with Gasteiger partial charge in [0.25, 0.3) is 0 Å². The fourth-order valence-electron chi connectivity index (χ4n) is 5.62. The molecule has 36 heavy (non-hydrogen) atoms. The molecule has 0 radical (unpaired) electrons. The summed E-state index contributed by atoms with van der Waals surface area (Å²) in [6, 6.07) is 7.90. The molecule has 1 saturated carbocycles. The van der Waals surface area contributed by atoms with Crippen LogP contribution in [0.2, 0.25) is 0 Å². The van der Waals surface area contributed by atoms with Gasteiger partial charge in [0.2, 0.25) is 0 Å². The summed E-state index contributed by atoms with van der Waals surface area (Å²) in [5.41, 5.74) is 2.04. The minimum Gasteiger partial charge on any atom is -0.507 e. The Morgan fingerprint density at radius 3 is 2.42 bits per heavy atom. The number of nitrogens with one attached hydrogen (secondary N) is 2. The quantitative estimate of drug-likeness (QED) is 0.504. The number of hydrogen-bond donors (Lipinski definition) is 3. The zero-order valence-electron chi connectivity index (χ0n) is 22.3. The van der Waals surface area contributed by atoms with Gasteiger partial charge in [0.1, 0.15) is 23.0 Å². The summed E-state index contributed by atoms with van der Waals surface area (Å²) in [5.74, 6) is 2.90. The Morgan fingerprint density at radius 2 is 1.83 bits per heavy atom. The SMILES string of the molecule is CC1=CNC(c2cc(O)c(-c3ccc(N(C)C4CC(C)(C)NC(C)(C)C4)nn3)c(OCC3CC3)c2)O1. The second-order valence-corrected chi connectivity index (χ2v) is 11.9. The molecule has 1 atom stereocenters. The van der Waals surface area contributed by atoms with E-state index in [4.69, 9.17) is 9.47 Å². The third-order valence-corrected chi connectivity index (χ3v) is 7.30. The molecule has 1 saturated heterocycles. The van der Waals surface area contributed by atoms with Gasteiger partial charge in [-0.25, -0.2) is 0 Å². The first-order valence-electron chi connectivity index (χ1n) is 13.0. The first-order valence-corrected chi connectivity index (χ1v) is 13.0. The zero-order chi connectivity index (χ0) is 25.7. The smallest absolute Gasteiger partial charge is 0.195 e. The lowest BCUT2D eigenvalue weighted by molar-refractivity contribution is 0.130. The molecule has 1 aromatic heterocycles. The molecule has 5 rings (SSSR count). The van der Waals surface area contributed by atoms with Crippen LogP contribution < -0.4 is 20.3 Å². The second kappa shape index (κ2) is 9.14. The number of anilines is 1. The summed E-state index contributed by atoms with van der Waals surface area (Å²) < 4.78 is 12.0. The molecule has 2 aromatic rings. The molecule has 1 unspecified atom stereocenters. The molecule has 8 heteroatoms. The number of allylic oxidation sites excluding steroid dienone is 1. The highest BCUT2D eigenvalue weighted by atomic mass is 16.5. The summed E-state index contributed by atoms with van der Waals surface area (Å²) in [6.45, 7) is 11.5. The van der Waals surface area contributed by atoms with Crippen LogP contribution >= 0.6 is 0 Å². The van der Waals surface area contributed by atoms with Crippen LogP contribution in [-0.4, -0.2) is 46.1 Å². The lowest BCUT2D eigenvalue weighted by Gasteiger charge is -2.49. The number of ether oxygens (including phenoxy) is 2. The predicted molar refractivity (Wildman–Crippen MR) is 141 cm³/mol. The highest BCUT2D eigenvalue weighted by Gasteiger charge is 2.39. The van der Waals surface area contributed by atoms with E-state index in [0.717, 1.165) is 30.0 Å². The molecule has 8 nitrogen and oxygen atoms in total. The van der Waals surface area contributed by atoms with Gasteiger partial charge >= 0.3 is 0 Å². The van der Waals surface area contributed by atoms with Crippen LogP contribution in [0.1, 0.15) is 72.1 Å². The van der Waals surface area contributed by atoms with Crippen molar-refractivity contribution in [1.82, 2.24) is 20.8 Å².